The predicted octanol–water partition coefficient (Wildman–Crippen LogP) is 5.87. The zero-order valence-electron chi connectivity index (χ0n) is 16.8. The summed E-state index contributed by atoms with van der Waals surface area (Å²) in [5.74, 6) is 0.421. The van der Waals surface area contributed by atoms with Crippen LogP contribution in [0.25, 0.3) is 11.1 Å². The van der Waals surface area contributed by atoms with Crippen molar-refractivity contribution in [1.29, 1.82) is 0 Å². The number of halogens is 1. The Morgan fingerprint density at radius 2 is 1.74 bits per heavy atom. The van der Waals surface area contributed by atoms with Crippen molar-refractivity contribution in [2.24, 2.45) is 0 Å². The van der Waals surface area contributed by atoms with Crippen LogP contribution in [0.5, 0.6) is 0 Å². The molecule has 0 fully saturated rings. The lowest BCUT2D eigenvalue weighted by Crippen LogP contribution is -2.34. The molecule has 4 rings (SSSR count). The molecule has 1 aromatic heterocycles. The molecule has 1 heterocycles. The molecular weight excluding hydrogens is 474 g/mol. The molecule has 0 spiro atoms. The van der Waals surface area contributed by atoms with E-state index < -0.39 is 0 Å². The molecule has 4 aromatic rings. The summed E-state index contributed by atoms with van der Waals surface area (Å²) in [5.41, 5.74) is 5.32. The number of oxazole rings is 1. The largest absolute Gasteiger partial charge is 0.440 e. The summed E-state index contributed by atoms with van der Waals surface area (Å²) in [6.45, 7) is 2.12. The van der Waals surface area contributed by atoms with Crippen LogP contribution >= 0.6 is 28.1 Å². The number of anilines is 1. The highest BCUT2D eigenvalue weighted by Gasteiger charge is 2.09. The van der Waals surface area contributed by atoms with Crippen molar-refractivity contribution in [1.82, 2.24) is 10.3 Å². The van der Waals surface area contributed by atoms with Crippen LogP contribution in [0.2, 0.25) is 0 Å². The quantitative estimate of drug-likeness (QED) is 0.340. The minimum Gasteiger partial charge on any atom is -0.440 e. The van der Waals surface area contributed by atoms with E-state index in [2.05, 4.69) is 50.6 Å². The molecule has 0 saturated carbocycles. The summed E-state index contributed by atoms with van der Waals surface area (Å²) in [4.78, 5) is 16.9. The van der Waals surface area contributed by atoms with E-state index in [0.717, 1.165) is 33.2 Å². The Bertz CT molecular complexity index is 1230. The standard InChI is InChI=1S/C24H20BrN3O2S/c1-2-15-5-12-21-20(13-15)27-22(30-21)14-16-3-10-19(11-4-16)26-24(31)28-23(29)17-6-8-18(25)9-7-17/h3-13H,2,14H2,1H3,(H2,26,28,29,31). The van der Waals surface area contributed by atoms with Gasteiger partial charge in [-0.2, -0.15) is 0 Å². The Kier molecular flexibility index (Phi) is 6.44. The average Bonchev–Trinajstić information content (AvgIpc) is 3.16. The third-order valence-electron chi connectivity index (χ3n) is 4.81. The number of nitrogens with zero attached hydrogens (tertiary/aromatic N) is 1. The minimum absolute atomic E-state index is 0.242. The molecule has 7 heteroatoms. The van der Waals surface area contributed by atoms with Crippen LogP contribution in [-0.2, 0) is 12.8 Å². The molecule has 0 aliphatic carbocycles. The molecule has 0 atom stereocenters. The van der Waals surface area contributed by atoms with Gasteiger partial charge in [0.2, 0.25) is 0 Å². The van der Waals surface area contributed by atoms with Crippen molar-refractivity contribution in [3.05, 3.63) is 93.8 Å². The van der Waals surface area contributed by atoms with E-state index in [1.54, 1.807) is 12.1 Å². The number of aryl methyl sites for hydroxylation is 1. The maximum atomic E-state index is 12.3. The molecule has 0 aliphatic rings. The van der Waals surface area contributed by atoms with Crippen LogP contribution in [-0.4, -0.2) is 16.0 Å². The van der Waals surface area contributed by atoms with Crippen molar-refractivity contribution in [2.45, 2.75) is 19.8 Å². The molecule has 0 saturated heterocycles. The smallest absolute Gasteiger partial charge is 0.257 e. The summed E-state index contributed by atoms with van der Waals surface area (Å²) in [7, 11) is 0. The van der Waals surface area contributed by atoms with Gasteiger partial charge in [0.05, 0.1) is 0 Å². The van der Waals surface area contributed by atoms with Crippen molar-refractivity contribution >= 4 is 56.0 Å². The molecule has 0 radical (unpaired) electrons. The number of thiocarbonyl (C=S) groups is 1. The monoisotopic (exact) mass is 493 g/mol. The maximum absolute atomic E-state index is 12.3. The maximum Gasteiger partial charge on any atom is 0.257 e. The van der Waals surface area contributed by atoms with E-state index in [1.807, 2.05) is 42.5 Å². The van der Waals surface area contributed by atoms with Gasteiger partial charge in [-0.05, 0) is 78.3 Å². The Labute approximate surface area is 194 Å². The van der Waals surface area contributed by atoms with E-state index in [4.69, 9.17) is 16.6 Å². The van der Waals surface area contributed by atoms with Crippen LogP contribution in [0.3, 0.4) is 0 Å². The lowest BCUT2D eigenvalue weighted by molar-refractivity contribution is 0.0977. The molecule has 2 N–H and O–H groups in total. The fourth-order valence-corrected chi connectivity index (χ4v) is 3.61. The number of amides is 1. The van der Waals surface area contributed by atoms with Gasteiger partial charge in [0.25, 0.3) is 5.91 Å². The summed E-state index contributed by atoms with van der Waals surface area (Å²) >= 11 is 8.61. The summed E-state index contributed by atoms with van der Waals surface area (Å²) in [6.07, 6.45) is 1.57. The van der Waals surface area contributed by atoms with Crippen LogP contribution in [0.1, 0.15) is 34.3 Å². The molecule has 31 heavy (non-hydrogen) atoms. The number of benzene rings is 3. The number of rotatable bonds is 5. The number of fused-ring (bicyclic) bond motifs is 1. The predicted molar refractivity (Wildman–Crippen MR) is 130 cm³/mol. The number of carbonyl (C=O) groups is 1. The SMILES string of the molecule is CCc1ccc2oc(Cc3ccc(NC(=S)NC(=O)c4ccc(Br)cc4)cc3)nc2c1. The molecule has 5 nitrogen and oxygen atoms in total. The Hall–Kier alpha value is -3.03. The van der Waals surface area contributed by atoms with Gasteiger partial charge in [-0.15, -0.1) is 0 Å². The number of carbonyl (C=O) groups excluding carboxylic acids is 1. The first-order chi connectivity index (χ1) is 15.0. The minimum atomic E-state index is -0.260. The summed E-state index contributed by atoms with van der Waals surface area (Å²) in [5, 5.41) is 5.96. The van der Waals surface area contributed by atoms with Crippen LogP contribution in [0.15, 0.2) is 75.6 Å². The van der Waals surface area contributed by atoms with Crippen molar-refractivity contribution < 1.29 is 9.21 Å². The molecule has 3 aromatic carbocycles. The number of hydrogen-bond donors (Lipinski definition) is 2. The average molecular weight is 494 g/mol. The molecule has 156 valence electrons. The number of aromatic nitrogens is 1. The first-order valence-corrected chi connectivity index (χ1v) is 11.1. The fraction of sp³-hybridized carbons (Fsp3) is 0.125. The van der Waals surface area contributed by atoms with Crippen LogP contribution in [0.4, 0.5) is 5.69 Å². The van der Waals surface area contributed by atoms with Gasteiger partial charge >= 0.3 is 0 Å². The topological polar surface area (TPSA) is 67.2 Å². The highest BCUT2D eigenvalue weighted by Crippen LogP contribution is 2.20. The molecule has 0 unspecified atom stereocenters. The fourth-order valence-electron chi connectivity index (χ4n) is 3.14. The Balaban J connectivity index is 1.36. The summed E-state index contributed by atoms with van der Waals surface area (Å²) < 4.78 is 6.77. The Morgan fingerprint density at radius 3 is 2.45 bits per heavy atom. The third kappa shape index (κ3) is 5.37. The van der Waals surface area contributed by atoms with E-state index >= 15 is 0 Å². The van der Waals surface area contributed by atoms with E-state index in [1.165, 1.54) is 5.56 Å². The van der Waals surface area contributed by atoms with E-state index in [-0.39, 0.29) is 11.0 Å². The van der Waals surface area contributed by atoms with Crippen molar-refractivity contribution in [2.75, 3.05) is 5.32 Å². The highest BCUT2D eigenvalue weighted by atomic mass is 79.9. The second-order valence-corrected chi connectivity index (χ2v) is 8.38. The molecule has 1 amide bonds. The second kappa shape index (κ2) is 9.41. The van der Waals surface area contributed by atoms with Gasteiger partial charge in [0.15, 0.2) is 16.6 Å². The first-order valence-electron chi connectivity index (χ1n) is 9.85. The first kappa shape index (κ1) is 21.2. The van der Waals surface area contributed by atoms with E-state index in [0.29, 0.717) is 17.9 Å². The lowest BCUT2D eigenvalue weighted by Gasteiger charge is -2.10. The van der Waals surface area contributed by atoms with Gasteiger partial charge in [0.1, 0.15) is 5.52 Å². The second-order valence-electron chi connectivity index (χ2n) is 7.05. The number of hydrogen-bond acceptors (Lipinski definition) is 4. The van der Waals surface area contributed by atoms with Crippen LogP contribution < -0.4 is 10.6 Å². The zero-order valence-corrected chi connectivity index (χ0v) is 19.2. The Morgan fingerprint density at radius 1 is 1.03 bits per heavy atom. The van der Waals surface area contributed by atoms with Gasteiger partial charge < -0.3 is 9.73 Å². The van der Waals surface area contributed by atoms with Gasteiger partial charge in [-0.1, -0.05) is 41.1 Å². The van der Waals surface area contributed by atoms with Crippen LogP contribution in [0, 0.1) is 0 Å². The lowest BCUT2D eigenvalue weighted by atomic mass is 10.1. The molecule has 0 bridgehead atoms. The zero-order chi connectivity index (χ0) is 21.8. The van der Waals surface area contributed by atoms with Gasteiger partial charge in [0, 0.05) is 22.1 Å². The van der Waals surface area contributed by atoms with Crippen molar-refractivity contribution in [3.8, 4) is 0 Å². The normalized spacial score (nSPS) is 10.8. The van der Waals surface area contributed by atoms with Gasteiger partial charge in [-0.25, -0.2) is 4.98 Å². The third-order valence-corrected chi connectivity index (χ3v) is 5.54. The summed E-state index contributed by atoms with van der Waals surface area (Å²) in [6, 6.07) is 21.0. The van der Waals surface area contributed by atoms with E-state index in [9.17, 15) is 4.79 Å². The van der Waals surface area contributed by atoms with Crippen molar-refractivity contribution in [3.63, 3.8) is 0 Å². The number of nitrogens with one attached hydrogen (secondary N) is 2. The van der Waals surface area contributed by atoms with Gasteiger partial charge in [-0.3, -0.25) is 10.1 Å². The molecular formula is C24H20BrN3O2S. The molecule has 0 aliphatic heterocycles. The highest BCUT2D eigenvalue weighted by molar-refractivity contribution is 9.10.